The second-order valence-corrected chi connectivity index (χ2v) is 5.15. The van der Waals surface area contributed by atoms with Crippen molar-refractivity contribution in [3.63, 3.8) is 0 Å². The number of aromatic hydroxyl groups is 2. The molecule has 0 fully saturated rings. The van der Waals surface area contributed by atoms with Gasteiger partial charge in [0.15, 0.2) is 5.82 Å². The summed E-state index contributed by atoms with van der Waals surface area (Å²) in [6, 6.07) is 13.2. The van der Waals surface area contributed by atoms with Crippen molar-refractivity contribution in [3.05, 3.63) is 59.8 Å². The second kappa shape index (κ2) is 6.41. The highest BCUT2D eigenvalue weighted by Gasteiger charge is 2.07. The average molecular weight is 329 g/mol. The third-order valence-electron chi connectivity index (χ3n) is 2.96. The topological polar surface area (TPSA) is 90.3 Å². The number of phenolic OH excluding ortho intramolecular Hbond substituents is 2. The summed E-state index contributed by atoms with van der Waals surface area (Å²) in [5.41, 5.74) is 1.30. The molecular formula is C16H13ClN4O2. The number of nitrogens with zero attached hydrogens (tertiary/aromatic N) is 2. The Morgan fingerprint density at radius 1 is 0.870 bits per heavy atom. The Morgan fingerprint density at radius 3 is 2.09 bits per heavy atom. The van der Waals surface area contributed by atoms with Gasteiger partial charge in [0.1, 0.15) is 16.5 Å². The van der Waals surface area contributed by atoms with Crippen molar-refractivity contribution in [2.24, 2.45) is 0 Å². The van der Waals surface area contributed by atoms with E-state index in [2.05, 4.69) is 20.6 Å². The van der Waals surface area contributed by atoms with E-state index >= 15 is 0 Å². The van der Waals surface area contributed by atoms with Crippen LogP contribution in [0.2, 0.25) is 5.02 Å². The summed E-state index contributed by atoms with van der Waals surface area (Å²) in [4.78, 5) is 8.39. The summed E-state index contributed by atoms with van der Waals surface area (Å²) in [6.45, 7) is 0. The molecule has 7 heteroatoms. The number of anilines is 4. The summed E-state index contributed by atoms with van der Waals surface area (Å²) in [5, 5.41) is 25.3. The van der Waals surface area contributed by atoms with Crippen molar-refractivity contribution in [1.82, 2.24) is 9.97 Å². The Bertz CT molecular complexity index is 842. The maximum Gasteiger partial charge on any atom is 0.229 e. The highest BCUT2D eigenvalue weighted by Crippen LogP contribution is 2.26. The minimum atomic E-state index is 0.137. The van der Waals surface area contributed by atoms with Gasteiger partial charge in [-0.25, -0.2) is 4.98 Å². The first-order chi connectivity index (χ1) is 11.1. The first-order valence-corrected chi connectivity index (χ1v) is 7.12. The van der Waals surface area contributed by atoms with E-state index in [4.69, 9.17) is 11.6 Å². The fourth-order valence-corrected chi connectivity index (χ4v) is 2.09. The largest absolute Gasteiger partial charge is 0.508 e. The van der Waals surface area contributed by atoms with Gasteiger partial charge in [-0.3, -0.25) is 0 Å². The van der Waals surface area contributed by atoms with E-state index in [1.807, 2.05) is 0 Å². The SMILES string of the molecule is Oc1cccc(Nc2ncc(Cl)c(Nc3cccc(O)c3)n2)c1. The van der Waals surface area contributed by atoms with Gasteiger partial charge in [0.25, 0.3) is 0 Å². The molecule has 0 aliphatic rings. The zero-order chi connectivity index (χ0) is 16.2. The predicted octanol–water partition coefficient (Wildman–Crippen LogP) is 4.03. The van der Waals surface area contributed by atoms with Crippen LogP contribution in [-0.2, 0) is 0 Å². The summed E-state index contributed by atoms with van der Waals surface area (Å²) in [6.07, 6.45) is 1.46. The molecule has 0 radical (unpaired) electrons. The fraction of sp³-hybridized carbons (Fsp3) is 0. The monoisotopic (exact) mass is 328 g/mol. The molecule has 0 unspecified atom stereocenters. The van der Waals surface area contributed by atoms with Crippen LogP contribution in [0.3, 0.4) is 0 Å². The van der Waals surface area contributed by atoms with Crippen LogP contribution in [0.15, 0.2) is 54.7 Å². The van der Waals surface area contributed by atoms with Crippen molar-refractivity contribution >= 4 is 34.7 Å². The van der Waals surface area contributed by atoms with Crippen LogP contribution in [0.1, 0.15) is 0 Å². The van der Waals surface area contributed by atoms with E-state index in [0.29, 0.717) is 28.2 Å². The summed E-state index contributed by atoms with van der Waals surface area (Å²) < 4.78 is 0. The predicted molar refractivity (Wildman–Crippen MR) is 89.8 cm³/mol. The van der Waals surface area contributed by atoms with Crippen LogP contribution in [0.25, 0.3) is 0 Å². The molecule has 3 aromatic rings. The quantitative estimate of drug-likeness (QED) is 0.578. The minimum absolute atomic E-state index is 0.137. The molecule has 0 saturated heterocycles. The lowest BCUT2D eigenvalue weighted by Crippen LogP contribution is -2.01. The number of halogens is 1. The molecule has 0 bridgehead atoms. The Kier molecular flexibility index (Phi) is 4.16. The first-order valence-electron chi connectivity index (χ1n) is 6.75. The number of rotatable bonds is 4. The molecule has 23 heavy (non-hydrogen) atoms. The summed E-state index contributed by atoms with van der Waals surface area (Å²) in [7, 11) is 0. The number of hydrogen-bond donors (Lipinski definition) is 4. The third-order valence-corrected chi connectivity index (χ3v) is 3.23. The standard InChI is InChI=1S/C16H13ClN4O2/c17-14-9-18-16(20-11-4-2-6-13(23)8-11)21-15(14)19-10-3-1-5-12(22)7-10/h1-9,22-23H,(H2,18,19,20,21). The smallest absolute Gasteiger partial charge is 0.229 e. The normalized spacial score (nSPS) is 10.3. The van der Waals surface area contributed by atoms with Gasteiger partial charge in [0.05, 0.1) is 6.20 Å². The maximum atomic E-state index is 9.49. The van der Waals surface area contributed by atoms with Crippen molar-refractivity contribution in [2.45, 2.75) is 0 Å². The van der Waals surface area contributed by atoms with E-state index in [9.17, 15) is 10.2 Å². The van der Waals surface area contributed by atoms with Crippen LogP contribution >= 0.6 is 11.6 Å². The molecule has 0 aliphatic heterocycles. The minimum Gasteiger partial charge on any atom is -0.508 e. The van der Waals surface area contributed by atoms with Gasteiger partial charge in [-0.05, 0) is 24.3 Å². The molecule has 4 N–H and O–H groups in total. The average Bonchev–Trinajstić information content (AvgIpc) is 2.51. The van der Waals surface area contributed by atoms with Crippen LogP contribution in [0.4, 0.5) is 23.1 Å². The first kappa shape index (κ1) is 14.9. The molecule has 116 valence electrons. The molecular weight excluding hydrogens is 316 g/mol. The second-order valence-electron chi connectivity index (χ2n) is 4.74. The Hall–Kier alpha value is -2.99. The van der Waals surface area contributed by atoms with Crippen molar-refractivity contribution in [2.75, 3.05) is 10.6 Å². The van der Waals surface area contributed by atoms with Crippen molar-refractivity contribution < 1.29 is 10.2 Å². The lowest BCUT2D eigenvalue weighted by Gasteiger charge is -2.10. The number of benzene rings is 2. The van der Waals surface area contributed by atoms with Crippen molar-refractivity contribution in [3.8, 4) is 11.5 Å². The molecule has 0 atom stereocenters. The van der Waals surface area contributed by atoms with Gasteiger partial charge in [-0.1, -0.05) is 23.7 Å². The van der Waals surface area contributed by atoms with Crippen LogP contribution < -0.4 is 10.6 Å². The zero-order valence-corrected chi connectivity index (χ0v) is 12.6. The van der Waals surface area contributed by atoms with E-state index in [-0.39, 0.29) is 11.5 Å². The van der Waals surface area contributed by atoms with E-state index in [1.165, 1.54) is 6.20 Å². The van der Waals surface area contributed by atoms with Crippen LogP contribution in [0, 0.1) is 0 Å². The van der Waals surface area contributed by atoms with Crippen LogP contribution in [0.5, 0.6) is 11.5 Å². The number of hydrogen-bond acceptors (Lipinski definition) is 6. The molecule has 0 spiro atoms. The molecule has 3 rings (SSSR count). The van der Waals surface area contributed by atoms with Gasteiger partial charge < -0.3 is 20.8 Å². The highest BCUT2D eigenvalue weighted by atomic mass is 35.5. The van der Waals surface area contributed by atoms with E-state index in [0.717, 1.165) is 0 Å². The maximum absolute atomic E-state index is 9.49. The van der Waals surface area contributed by atoms with Gasteiger partial charge in [-0.15, -0.1) is 0 Å². The number of aromatic nitrogens is 2. The molecule has 1 aromatic heterocycles. The van der Waals surface area contributed by atoms with Gasteiger partial charge in [-0.2, -0.15) is 4.98 Å². The molecule has 2 aromatic carbocycles. The van der Waals surface area contributed by atoms with E-state index < -0.39 is 0 Å². The van der Waals surface area contributed by atoms with Crippen LogP contribution in [-0.4, -0.2) is 20.2 Å². The summed E-state index contributed by atoms with van der Waals surface area (Å²) in [5.74, 6) is 0.998. The number of nitrogens with one attached hydrogen (secondary N) is 2. The molecule has 0 amide bonds. The summed E-state index contributed by atoms with van der Waals surface area (Å²) >= 11 is 6.10. The molecule has 6 nitrogen and oxygen atoms in total. The van der Waals surface area contributed by atoms with Crippen molar-refractivity contribution in [1.29, 1.82) is 0 Å². The molecule has 0 aliphatic carbocycles. The lowest BCUT2D eigenvalue weighted by atomic mass is 10.3. The van der Waals surface area contributed by atoms with Gasteiger partial charge in [0, 0.05) is 23.5 Å². The zero-order valence-electron chi connectivity index (χ0n) is 11.9. The van der Waals surface area contributed by atoms with Gasteiger partial charge in [0.2, 0.25) is 5.95 Å². The molecule has 0 saturated carbocycles. The Morgan fingerprint density at radius 2 is 1.48 bits per heavy atom. The van der Waals surface area contributed by atoms with E-state index in [1.54, 1.807) is 48.5 Å². The lowest BCUT2D eigenvalue weighted by molar-refractivity contribution is 0.475. The fourth-order valence-electron chi connectivity index (χ4n) is 1.95. The Labute approximate surface area is 137 Å². The molecule has 1 heterocycles. The Balaban J connectivity index is 1.84. The van der Waals surface area contributed by atoms with Gasteiger partial charge >= 0.3 is 0 Å². The number of phenols is 2. The third kappa shape index (κ3) is 3.81. The highest BCUT2D eigenvalue weighted by molar-refractivity contribution is 6.32.